The zero-order valence-electron chi connectivity index (χ0n) is 10.9. The maximum Gasteiger partial charge on any atom is 0.186 e. The average Bonchev–Trinajstić information content (AvgIpc) is 2.42. The van der Waals surface area contributed by atoms with Gasteiger partial charge in [0.2, 0.25) is 0 Å². The first-order valence-corrected chi connectivity index (χ1v) is 6.64. The van der Waals surface area contributed by atoms with E-state index in [1.54, 1.807) is 0 Å². The van der Waals surface area contributed by atoms with Crippen LogP contribution in [0, 0.1) is 0 Å². The van der Waals surface area contributed by atoms with Gasteiger partial charge in [0.25, 0.3) is 0 Å². The number of ether oxygens (including phenoxy) is 2. The molecule has 0 aromatic rings. The molecule has 0 unspecified atom stereocenters. The van der Waals surface area contributed by atoms with Gasteiger partial charge in [0.1, 0.15) is 24.4 Å². The molecule has 5 N–H and O–H groups in total. The highest BCUT2D eigenvalue weighted by Gasteiger charge is 2.43. The molecule has 1 heterocycles. The first kappa shape index (κ1) is 16.8. The van der Waals surface area contributed by atoms with Crippen LogP contribution in [0.2, 0.25) is 0 Å². The van der Waals surface area contributed by atoms with Crippen LogP contribution in [0.5, 0.6) is 0 Å². The van der Waals surface area contributed by atoms with Gasteiger partial charge in [-0.3, -0.25) is 0 Å². The summed E-state index contributed by atoms with van der Waals surface area (Å²) in [4.78, 5) is 0. The van der Waals surface area contributed by atoms with E-state index in [2.05, 4.69) is 0 Å². The molecule has 1 fully saturated rings. The Morgan fingerprint density at radius 1 is 0.842 bits per heavy atom. The lowest BCUT2D eigenvalue weighted by atomic mass is 9.99. The Hall–Kier alpha value is -0.280. The Morgan fingerprint density at radius 2 is 1.53 bits per heavy atom. The zero-order chi connectivity index (χ0) is 14.3. The van der Waals surface area contributed by atoms with E-state index in [4.69, 9.17) is 19.7 Å². The van der Waals surface area contributed by atoms with Gasteiger partial charge in [-0.2, -0.15) is 0 Å². The second-order valence-electron chi connectivity index (χ2n) is 4.71. The minimum atomic E-state index is -1.40. The van der Waals surface area contributed by atoms with Crippen LogP contribution >= 0.6 is 0 Å². The molecule has 19 heavy (non-hydrogen) atoms. The Morgan fingerprint density at radius 3 is 2.16 bits per heavy atom. The topological polar surface area (TPSA) is 120 Å². The molecule has 1 rings (SSSR count). The van der Waals surface area contributed by atoms with Crippen molar-refractivity contribution in [3.8, 4) is 0 Å². The molecule has 114 valence electrons. The number of hydrogen-bond acceptors (Lipinski definition) is 7. The average molecular weight is 280 g/mol. The van der Waals surface area contributed by atoms with Gasteiger partial charge in [-0.15, -0.1) is 0 Å². The van der Waals surface area contributed by atoms with E-state index in [1.165, 1.54) is 0 Å². The second-order valence-corrected chi connectivity index (χ2v) is 4.71. The SMILES string of the molecule is OCCCCCCO[C@@H]1O[C@H](CO)[C@@H](O)[C@H](O)[C@H]1O. The van der Waals surface area contributed by atoms with E-state index >= 15 is 0 Å². The van der Waals surface area contributed by atoms with Gasteiger partial charge in [0.05, 0.1) is 6.61 Å². The van der Waals surface area contributed by atoms with Crippen molar-refractivity contribution in [1.29, 1.82) is 0 Å². The molecule has 7 nitrogen and oxygen atoms in total. The molecule has 0 saturated carbocycles. The molecule has 0 aliphatic carbocycles. The molecule has 1 aliphatic rings. The smallest absolute Gasteiger partial charge is 0.186 e. The molecule has 5 atom stereocenters. The van der Waals surface area contributed by atoms with Gasteiger partial charge in [-0.25, -0.2) is 0 Å². The first-order chi connectivity index (χ1) is 9.11. The highest BCUT2D eigenvalue weighted by atomic mass is 16.7. The van der Waals surface area contributed by atoms with Crippen molar-refractivity contribution in [1.82, 2.24) is 0 Å². The van der Waals surface area contributed by atoms with Crippen molar-refractivity contribution in [3.63, 3.8) is 0 Å². The minimum Gasteiger partial charge on any atom is -0.396 e. The molecule has 0 bridgehead atoms. The molecular weight excluding hydrogens is 256 g/mol. The summed E-state index contributed by atoms with van der Waals surface area (Å²) in [7, 11) is 0. The van der Waals surface area contributed by atoms with Crippen molar-refractivity contribution in [3.05, 3.63) is 0 Å². The lowest BCUT2D eigenvalue weighted by Crippen LogP contribution is -2.59. The fourth-order valence-electron chi connectivity index (χ4n) is 1.97. The lowest BCUT2D eigenvalue weighted by molar-refractivity contribution is -0.301. The molecule has 7 heteroatoms. The van der Waals surface area contributed by atoms with Crippen LogP contribution in [0.4, 0.5) is 0 Å². The number of aliphatic hydroxyl groups is 5. The molecule has 1 saturated heterocycles. The fraction of sp³-hybridized carbons (Fsp3) is 1.00. The van der Waals surface area contributed by atoms with Gasteiger partial charge < -0.3 is 35.0 Å². The van der Waals surface area contributed by atoms with E-state index < -0.39 is 37.3 Å². The third-order valence-electron chi connectivity index (χ3n) is 3.18. The second kappa shape index (κ2) is 8.80. The van der Waals surface area contributed by atoms with Crippen molar-refractivity contribution in [2.24, 2.45) is 0 Å². The summed E-state index contributed by atoms with van der Waals surface area (Å²) in [5.74, 6) is 0. The van der Waals surface area contributed by atoms with Crippen molar-refractivity contribution >= 4 is 0 Å². The number of rotatable bonds is 8. The van der Waals surface area contributed by atoms with Crippen LogP contribution < -0.4 is 0 Å². The lowest BCUT2D eigenvalue weighted by Gasteiger charge is -2.39. The zero-order valence-corrected chi connectivity index (χ0v) is 10.9. The normalized spacial score (nSPS) is 35.5. The van der Waals surface area contributed by atoms with E-state index in [0.29, 0.717) is 6.61 Å². The molecule has 0 aromatic heterocycles. The Kier molecular flexibility index (Phi) is 7.77. The Bertz CT molecular complexity index is 236. The van der Waals surface area contributed by atoms with E-state index in [1.807, 2.05) is 0 Å². The summed E-state index contributed by atoms with van der Waals surface area (Å²) in [5, 5.41) is 46.4. The maximum absolute atomic E-state index is 9.69. The van der Waals surface area contributed by atoms with Gasteiger partial charge in [0.15, 0.2) is 6.29 Å². The van der Waals surface area contributed by atoms with E-state index in [9.17, 15) is 15.3 Å². The predicted molar refractivity (Wildman–Crippen MR) is 65.3 cm³/mol. The molecule has 0 aromatic carbocycles. The fourth-order valence-corrected chi connectivity index (χ4v) is 1.97. The van der Waals surface area contributed by atoms with Gasteiger partial charge in [0, 0.05) is 13.2 Å². The molecule has 0 amide bonds. The third-order valence-corrected chi connectivity index (χ3v) is 3.18. The summed E-state index contributed by atoms with van der Waals surface area (Å²) in [6.45, 7) is 0.0585. The molecule has 0 radical (unpaired) electrons. The monoisotopic (exact) mass is 280 g/mol. The first-order valence-electron chi connectivity index (χ1n) is 6.64. The van der Waals surface area contributed by atoms with Gasteiger partial charge in [-0.05, 0) is 12.8 Å². The van der Waals surface area contributed by atoms with Crippen LogP contribution in [-0.2, 0) is 9.47 Å². The highest BCUT2D eigenvalue weighted by Crippen LogP contribution is 2.22. The van der Waals surface area contributed by atoms with Crippen LogP contribution in [0.15, 0.2) is 0 Å². The van der Waals surface area contributed by atoms with Crippen molar-refractivity contribution in [2.75, 3.05) is 19.8 Å². The van der Waals surface area contributed by atoms with E-state index in [-0.39, 0.29) is 6.61 Å². The number of aliphatic hydroxyl groups excluding tert-OH is 5. The summed E-state index contributed by atoms with van der Waals surface area (Å²) >= 11 is 0. The molecule has 1 aliphatic heterocycles. The van der Waals surface area contributed by atoms with Gasteiger partial charge in [-0.1, -0.05) is 12.8 Å². The quantitative estimate of drug-likeness (QED) is 0.338. The minimum absolute atomic E-state index is 0.174. The van der Waals surface area contributed by atoms with Crippen molar-refractivity contribution in [2.45, 2.75) is 56.4 Å². The summed E-state index contributed by atoms with van der Waals surface area (Å²) in [5.41, 5.74) is 0. The maximum atomic E-state index is 9.69. The van der Waals surface area contributed by atoms with Crippen LogP contribution in [-0.4, -0.2) is 76.1 Å². The summed E-state index contributed by atoms with van der Waals surface area (Å²) in [6, 6.07) is 0. The van der Waals surface area contributed by atoms with Gasteiger partial charge >= 0.3 is 0 Å². The standard InChI is InChI=1S/C12H24O7/c13-5-3-1-2-4-6-18-12-11(17)10(16)9(15)8(7-14)19-12/h8-17H,1-7H2/t8-,9-,10+,11-,12-/m1/s1. The summed E-state index contributed by atoms with van der Waals surface area (Å²) in [6.07, 6.45) is -2.79. The van der Waals surface area contributed by atoms with Crippen LogP contribution in [0.25, 0.3) is 0 Å². The summed E-state index contributed by atoms with van der Waals surface area (Å²) < 4.78 is 10.5. The van der Waals surface area contributed by atoms with Crippen LogP contribution in [0.1, 0.15) is 25.7 Å². The number of hydrogen-bond donors (Lipinski definition) is 5. The number of unbranched alkanes of at least 4 members (excludes halogenated alkanes) is 3. The highest BCUT2D eigenvalue weighted by molar-refractivity contribution is 4.88. The van der Waals surface area contributed by atoms with Crippen LogP contribution in [0.3, 0.4) is 0 Å². The molecular formula is C12H24O7. The largest absolute Gasteiger partial charge is 0.396 e. The molecule has 0 spiro atoms. The Labute approximate surface area is 112 Å². The predicted octanol–water partition coefficient (Wildman–Crippen LogP) is -1.64. The Balaban J connectivity index is 2.28. The van der Waals surface area contributed by atoms with Crippen molar-refractivity contribution < 1.29 is 35.0 Å². The third kappa shape index (κ3) is 4.96. The van der Waals surface area contributed by atoms with E-state index in [0.717, 1.165) is 25.7 Å².